The van der Waals surface area contributed by atoms with E-state index in [1.54, 1.807) is 0 Å². The van der Waals surface area contributed by atoms with Crippen LogP contribution in [0.4, 0.5) is 5.69 Å². The molecule has 0 bridgehead atoms. The molecule has 0 aliphatic heterocycles. The summed E-state index contributed by atoms with van der Waals surface area (Å²) in [7, 11) is 1.93. The minimum Gasteiger partial charge on any atom is -0.351 e. The van der Waals surface area contributed by atoms with Gasteiger partial charge in [-0.15, -0.1) is 0 Å². The van der Waals surface area contributed by atoms with Crippen molar-refractivity contribution in [3.05, 3.63) is 65.7 Å². The number of benzene rings is 2. The summed E-state index contributed by atoms with van der Waals surface area (Å²) in [5.41, 5.74) is 2.90. The molecule has 0 heterocycles. The Bertz CT molecular complexity index is 716. The average Bonchev–Trinajstić information content (AvgIpc) is 2.61. The van der Waals surface area contributed by atoms with Gasteiger partial charge < -0.3 is 10.6 Å². The lowest BCUT2D eigenvalue weighted by Crippen LogP contribution is -2.34. The van der Waals surface area contributed by atoms with Crippen LogP contribution in [0.5, 0.6) is 0 Å². The molecule has 0 radical (unpaired) electrons. The number of rotatable bonds is 9. The second-order valence-electron chi connectivity index (χ2n) is 6.43. The predicted molar refractivity (Wildman–Crippen MR) is 105 cm³/mol. The maximum atomic E-state index is 12.1. The topological polar surface area (TPSA) is 61.4 Å². The molecule has 138 valence electrons. The van der Waals surface area contributed by atoms with E-state index in [0.29, 0.717) is 19.5 Å². The molecule has 0 unspecified atom stereocenters. The predicted octanol–water partition coefficient (Wildman–Crippen LogP) is 3.17. The molecule has 2 aromatic carbocycles. The fourth-order valence-corrected chi connectivity index (χ4v) is 2.66. The maximum Gasteiger partial charge on any atom is 0.234 e. The maximum absolute atomic E-state index is 12.1. The fraction of sp³-hybridized carbons (Fsp3) is 0.333. The zero-order valence-electron chi connectivity index (χ0n) is 15.5. The van der Waals surface area contributed by atoms with E-state index in [1.165, 1.54) is 5.56 Å². The molecule has 2 aromatic rings. The molecule has 5 nitrogen and oxygen atoms in total. The summed E-state index contributed by atoms with van der Waals surface area (Å²) < 4.78 is 0. The lowest BCUT2D eigenvalue weighted by Gasteiger charge is -2.16. The molecule has 2 N–H and O–H groups in total. The van der Waals surface area contributed by atoms with Gasteiger partial charge in [0.15, 0.2) is 0 Å². The van der Waals surface area contributed by atoms with Crippen LogP contribution in [-0.2, 0) is 22.7 Å². The van der Waals surface area contributed by atoms with Gasteiger partial charge >= 0.3 is 0 Å². The number of carbonyl (C=O) groups excluding carboxylic acids is 2. The first-order chi connectivity index (χ1) is 12.6. The van der Waals surface area contributed by atoms with Crippen LogP contribution in [0.1, 0.15) is 30.9 Å². The zero-order chi connectivity index (χ0) is 18.8. The van der Waals surface area contributed by atoms with Gasteiger partial charge in [-0.05, 0) is 36.7 Å². The van der Waals surface area contributed by atoms with E-state index >= 15 is 0 Å². The molecule has 0 aromatic heterocycles. The van der Waals surface area contributed by atoms with Crippen LogP contribution in [-0.4, -0.2) is 30.3 Å². The van der Waals surface area contributed by atoms with Crippen LogP contribution in [0.2, 0.25) is 0 Å². The third kappa shape index (κ3) is 7.07. The van der Waals surface area contributed by atoms with Gasteiger partial charge in [0.1, 0.15) is 0 Å². The molecule has 0 aliphatic carbocycles. The molecular weight excluding hydrogens is 326 g/mol. The van der Waals surface area contributed by atoms with E-state index in [0.717, 1.165) is 24.2 Å². The Morgan fingerprint density at radius 2 is 1.69 bits per heavy atom. The number of anilines is 1. The van der Waals surface area contributed by atoms with Crippen molar-refractivity contribution in [3.63, 3.8) is 0 Å². The van der Waals surface area contributed by atoms with E-state index < -0.39 is 0 Å². The van der Waals surface area contributed by atoms with Crippen LogP contribution < -0.4 is 10.6 Å². The molecular formula is C21H27N3O2. The Kier molecular flexibility index (Phi) is 7.83. The highest BCUT2D eigenvalue weighted by molar-refractivity contribution is 5.90. The van der Waals surface area contributed by atoms with Crippen molar-refractivity contribution in [2.45, 2.75) is 32.9 Å². The van der Waals surface area contributed by atoms with Crippen molar-refractivity contribution in [2.75, 3.05) is 18.9 Å². The highest BCUT2D eigenvalue weighted by atomic mass is 16.2. The summed E-state index contributed by atoms with van der Waals surface area (Å²) in [4.78, 5) is 25.8. The first kappa shape index (κ1) is 19.7. The van der Waals surface area contributed by atoms with E-state index in [1.807, 2.05) is 73.5 Å². The third-order valence-electron chi connectivity index (χ3n) is 3.89. The van der Waals surface area contributed by atoms with Crippen molar-refractivity contribution in [2.24, 2.45) is 0 Å². The van der Waals surface area contributed by atoms with Crippen LogP contribution in [0.15, 0.2) is 54.6 Å². The van der Waals surface area contributed by atoms with Crippen molar-refractivity contribution < 1.29 is 9.59 Å². The molecule has 2 rings (SSSR count). The van der Waals surface area contributed by atoms with Gasteiger partial charge in [0.05, 0.1) is 6.54 Å². The minimum absolute atomic E-state index is 0.0104. The van der Waals surface area contributed by atoms with Crippen LogP contribution in [0.25, 0.3) is 0 Å². The Balaban J connectivity index is 1.78. The molecule has 0 saturated heterocycles. The van der Waals surface area contributed by atoms with Gasteiger partial charge in [0.2, 0.25) is 11.8 Å². The van der Waals surface area contributed by atoms with Gasteiger partial charge in [-0.3, -0.25) is 14.5 Å². The summed E-state index contributed by atoms with van der Waals surface area (Å²) in [6.45, 7) is 3.48. The monoisotopic (exact) mass is 353 g/mol. The highest BCUT2D eigenvalue weighted by Crippen LogP contribution is 2.11. The number of nitrogens with one attached hydrogen (secondary N) is 2. The summed E-state index contributed by atoms with van der Waals surface area (Å²) >= 11 is 0. The molecule has 0 spiro atoms. The highest BCUT2D eigenvalue weighted by Gasteiger charge is 2.07. The zero-order valence-corrected chi connectivity index (χ0v) is 15.5. The number of carbonyl (C=O) groups is 2. The Morgan fingerprint density at radius 1 is 0.962 bits per heavy atom. The van der Waals surface area contributed by atoms with Crippen molar-refractivity contribution in [1.82, 2.24) is 10.2 Å². The van der Waals surface area contributed by atoms with Gasteiger partial charge in [-0.1, -0.05) is 49.4 Å². The molecule has 0 fully saturated rings. The smallest absolute Gasteiger partial charge is 0.234 e. The summed E-state index contributed by atoms with van der Waals surface area (Å²) in [5, 5.41) is 5.80. The Hall–Kier alpha value is -2.66. The minimum atomic E-state index is -0.0242. The number of nitrogens with zero attached hydrogens (tertiary/aromatic N) is 1. The molecule has 0 atom stereocenters. The normalized spacial score (nSPS) is 10.6. The summed E-state index contributed by atoms with van der Waals surface area (Å²) in [6.07, 6.45) is 1.33. The fourth-order valence-electron chi connectivity index (χ4n) is 2.66. The van der Waals surface area contributed by atoms with Crippen LogP contribution in [0, 0.1) is 0 Å². The lowest BCUT2D eigenvalue weighted by atomic mass is 10.2. The number of hydrogen-bond acceptors (Lipinski definition) is 3. The number of hydrogen-bond donors (Lipinski definition) is 2. The largest absolute Gasteiger partial charge is 0.351 e. The van der Waals surface area contributed by atoms with Crippen LogP contribution >= 0.6 is 0 Å². The number of likely N-dealkylation sites (N-methyl/N-ethyl adjacent to an activating group) is 1. The molecule has 2 amide bonds. The van der Waals surface area contributed by atoms with Crippen molar-refractivity contribution in [1.29, 1.82) is 0 Å². The third-order valence-corrected chi connectivity index (χ3v) is 3.89. The molecule has 26 heavy (non-hydrogen) atoms. The standard InChI is InChI=1S/C21H27N3O2/c1-3-8-20(25)23-19-12-7-11-18(13-19)14-22-21(26)16-24(2)15-17-9-5-4-6-10-17/h4-7,9-13H,3,8,14-16H2,1-2H3,(H,22,26)(H,23,25). The number of amides is 2. The molecule has 0 saturated carbocycles. The summed E-state index contributed by atoms with van der Waals surface area (Å²) in [6, 6.07) is 17.6. The summed E-state index contributed by atoms with van der Waals surface area (Å²) in [5.74, 6) is -0.0138. The van der Waals surface area contributed by atoms with Crippen LogP contribution in [0.3, 0.4) is 0 Å². The SMILES string of the molecule is CCCC(=O)Nc1cccc(CNC(=O)CN(C)Cc2ccccc2)c1. The average molecular weight is 353 g/mol. The Morgan fingerprint density at radius 3 is 2.42 bits per heavy atom. The Labute approximate surface area is 155 Å². The van der Waals surface area contributed by atoms with Gasteiger partial charge in [0, 0.05) is 25.2 Å². The van der Waals surface area contributed by atoms with E-state index in [4.69, 9.17) is 0 Å². The first-order valence-electron chi connectivity index (χ1n) is 8.94. The van der Waals surface area contributed by atoms with Crippen molar-refractivity contribution in [3.8, 4) is 0 Å². The van der Waals surface area contributed by atoms with Gasteiger partial charge in [-0.2, -0.15) is 0 Å². The lowest BCUT2D eigenvalue weighted by molar-refractivity contribution is -0.122. The van der Waals surface area contributed by atoms with Crippen molar-refractivity contribution >= 4 is 17.5 Å². The molecule has 5 heteroatoms. The quantitative estimate of drug-likeness (QED) is 0.728. The van der Waals surface area contributed by atoms with E-state index in [-0.39, 0.29) is 11.8 Å². The van der Waals surface area contributed by atoms with E-state index in [2.05, 4.69) is 10.6 Å². The second kappa shape index (κ2) is 10.4. The van der Waals surface area contributed by atoms with E-state index in [9.17, 15) is 9.59 Å². The molecule has 0 aliphatic rings. The van der Waals surface area contributed by atoms with Gasteiger partial charge in [-0.25, -0.2) is 0 Å². The second-order valence-corrected chi connectivity index (χ2v) is 6.43. The van der Waals surface area contributed by atoms with Gasteiger partial charge in [0.25, 0.3) is 0 Å². The first-order valence-corrected chi connectivity index (χ1v) is 8.94.